The van der Waals surface area contributed by atoms with Gasteiger partial charge in [0.25, 0.3) is 0 Å². The SMILES string of the molecule is C[C@@H]1C[C@@H](OC(=O)CCc2nc(-c3ncccn3)no2)CC(C)(C)C1. The van der Waals surface area contributed by atoms with Crippen LogP contribution in [0.5, 0.6) is 0 Å². The molecule has 0 aromatic carbocycles. The van der Waals surface area contributed by atoms with Gasteiger partial charge in [-0.25, -0.2) is 9.97 Å². The second-order valence-corrected chi connectivity index (χ2v) is 7.61. The third kappa shape index (κ3) is 4.84. The molecule has 0 spiro atoms. The van der Waals surface area contributed by atoms with Crippen molar-refractivity contribution in [1.29, 1.82) is 0 Å². The van der Waals surface area contributed by atoms with Crippen molar-refractivity contribution in [2.75, 3.05) is 0 Å². The maximum absolute atomic E-state index is 12.1. The molecule has 0 saturated heterocycles. The molecule has 0 N–H and O–H groups in total. The van der Waals surface area contributed by atoms with Crippen molar-refractivity contribution in [1.82, 2.24) is 20.1 Å². The fourth-order valence-electron chi connectivity index (χ4n) is 3.66. The summed E-state index contributed by atoms with van der Waals surface area (Å²) >= 11 is 0. The van der Waals surface area contributed by atoms with Crippen molar-refractivity contribution in [2.45, 2.75) is 59.0 Å². The van der Waals surface area contributed by atoms with Crippen LogP contribution in [0.3, 0.4) is 0 Å². The van der Waals surface area contributed by atoms with Crippen molar-refractivity contribution in [3.05, 3.63) is 24.4 Å². The Kier molecular flexibility index (Phi) is 5.11. The Labute approximate surface area is 147 Å². The Morgan fingerprint density at radius 3 is 2.76 bits per heavy atom. The molecule has 1 aliphatic carbocycles. The zero-order valence-electron chi connectivity index (χ0n) is 14.9. The van der Waals surface area contributed by atoms with Crippen LogP contribution in [-0.2, 0) is 16.0 Å². The third-order valence-electron chi connectivity index (χ3n) is 4.42. The van der Waals surface area contributed by atoms with Crippen LogP contribution in [-0.4, -0.2) is 32.2 Å². The Balaban J connectivity index is 1.50. The van der Waals surface area contributed by atoms with Gasteiger partial charge in [-0.05, 0) is 36.7 Å². The van der Waals surface area contributed by atoms with Crippen LogP contribution >= 0.6 is 0 Å². The molecule has 1 fully saturated rings. The van der Waals surface area contributed by atoms with Crippen molar-refractivity contribution in [3.63, 3.8) is 0 Å². The molecule has 134 valence electrons. The van der Waals surface area contributed by atoms with E-state index in [9.17, 15) is 4.79 Å². The number of ether oxygens (including phenoxy) is 1. The molecule has 1 saturated carbocycles. The highest BCUT2D eigenvalue weighted by Crippen LogP contribution is 2.39. The minimum Gasteiger partial charge on any atom is -0.462 e. The molecule has 0 radical (unpaired) electrons. The zero-order chi connectivity index (χ0) is 17.9. The molecule has 2 aromatic rings. The first kappa shape index (κ1) is 17.5. The first-order valence-electron chi connectivity index (χ1n) is 8.71. The fourth-order valence-corrected chi connectivity index (χ4v) is 3.66. The molecular weight excluding hydrogens is 320 g/mol. The van der Waals surface area contributed by atoms with E-state index in [1.807, 2.05) is 0 Å². The van der Waals surface area contributed by atoms with E-state index < -0.39 is 0 Å². The molecule has 7 heteroatoms. The van der Waals surface area contributed by atoms with Gasteiger partial charge in [0.15, 0.2) is 0 Å². The van der Waals surface area contributed by atoms with Crippen LogP contribution in [0.25, 0.3) is 11.6 Å². The van der Waals surface area contributed by atoms with Gasteiger partial charge in [0.2, 0.25) is 17.5 Å². The van der Waals surface area contributed by atoms with Gasteiger partial charge in [0, 0.05) is 18.8 Å². The van der Waals surface area contributed by atoms with Gasteiger partial charge in [-0.15, -0.1) is 0 Å². The predicted octanol–water partition coefficient (Wildman–Crippen LogP) is 3.22. The summed E-state index contributed by atoms with van der Waals surface area (Å²) < 4.78 is 10.8. The maximum atomic E-state index is 12.1. The van der Waals surface area contributed by atoms with E-state index in [1.165, 1.54) is 6.42 Å². The number of aromatic nitrogens is 4. The number of aryl methyl sites for hydroxylation is 1. The molecule has 0 amide bonds. The number of carbonyl (C=O) groups is 1. The quantitative estimate of drug-likeness (QED) is 0.769. The molecule has 2 aromatic heterocycles. The summed E-state index contributed by atoms with van der Waals surface area (Å²) in [6, 6.07) is 1.72. The average molecular weight is 344 g/mol. The van der Waals surface area contributed by atoms with Crippen molar-refractivity contribution >= 4 is 5.97 Å². The van der Waals surface area contributed by atoms with Gasteiger partial charge >= 0.3 is 5.97 Å². The van der Waals surface area contributed by atoms with Gasteiger partial charge in [0.05, 0.1) is 6.42 Å². The van der Waals surface area contributed by atoms with E-state index in [1.54, 1.807) is 18.5 Å². The minimum absolute atomic E-state index is 0.00205. The van der Waals surface area contributed by atoms with E-state index >= 15 is 0 Å². The summed E-state index contributed by atoms with van der Waals surface area (Å²) in [5.41, 5.74) is 0.222. The van der Waals surface area contributed by atoms with Crippen molar-refractivity contribution < 1.29 is 14.1 Å². The first-order chi connectivity index (χ1) is 11.9. The van der Waals surface area contributed by atoms with Gasteiger partial charge in [-0.3, -0.25) is 4.79 Å². The molecule has 1 aliphatic rings. The topological polar surface area (TPSA) is 91.0 Å². The Morgan fingerprint density at radius 2 is 2.04 bits per heavy atom. The highest BCUT2D eigenvalue weighted by molar-refractivity contribution is 5.69. The van der Waals surface area contributed by atoms with Crippen molar-refractivity contribution in [2.24, 2.45) is 11.3 Å². The number of rotatable bonds is 5. The lowest BCUT2D eigenvalue weighted by Crippen LogP contribution is -2.34. The number of hydrogen-bond donors (Lipinski definition) is 0. The molecule has 7 nitrogen and oxygen atoms in total. The standard InChI is InChI=1S/C18H24N4O3/c1-12-9-13(11-18(2,3)10-12)24-15(23)6-5-14-21-17(22-25-14)16-19-7-4-8-20-16/h4,7-8,12-13H,5-6,9-11H2,1-3H3/t12-,13-/m1/s1. The van der Waals surface area contributed by atoms with E-state index in [2.05, 4.69) is 40.9 Å². The third-order valence-corrected chi connectivity index (χ3v) is 4.42. The molecule has 3 rings (SSSR count). The smallest absolute Gasteiger partial charge is 0.306 e. The van der Waals surface area contributed by atoms with Crippen LogP contribution in [0.15, 0.2) is 23.0 Å². The molecular formula is C18H24N4O3. The zero-order valence-corrected chi connectivity index (χ0v) is 14.9. The summed E-state index contributed by atoms with van der Waals surface area (Å²) in [6.07, 6.45) is 6.83. The Morgan fingerprint density at radius 1 is 1.28 bits per heavy atom. The number of hydrogen-bond acceptors (Lipinski definition) is 7. The van der Waals surface area contributed by atoms with Crippen molar-refractivity contribution in [3.8, 4) is 11.6 Å². The maximum Gasteiger partial charge on any atom is 0.306 e. The van der Waals surface area contributed by atoms with Crippen LogP contribution in [0, 0.1) is 11.3 Å². The second-order valence-electron chi connectivity index (χ2n) is 7.61. The summed E-state index contributed by atoms with van der Waals surface area (Å²) in [5, 5.41) is 3.85. The monoisotopic (exact) mass is 344 g/mol. The Hall–Kier alpha value is -2.31. The molecule has 0 unspecified atom stereocenters. The van der Waals surface area contributed by atoms with E-state index in [0.717, 1.165) is 12.8 Å². The van der Waals surface area contributed by atoms with Crippen LogP contribution < -0.4 is 0 Å². The lowest BCUT2D eigenvalue weighted by atomic mass is 9.71. The Bertz CT molecular complexity index is 714. The summed E-state index contributed by atoms with van der Waals surface area (Å²) in [7, 11) is 0. The number of nitrogens with zero attached hydrogens (tertiary/aromatic N) is 4. The fraction of sp³-hybridized carbons (Fsp3) is 0.611. The van der Waals surface area contributed by atoms with Crippen LogP contribution in [0.4, 0.5) is 0 Å². The molecule has 0 bridgehead atoms. The van der Waals surface area contributed by atoms with E-state index in [4.69, 9.17) is 9.26 Å². The lowest BCUT2D eigenvalue weighted by Gasteiger charge is -2.38. The predicted molar refractivity (Wildman–Crippen MR) is 90.3 cm³/mol. The summed E-state index contributed by atoms with van der Waals surface area (Å²) in [6.45, 7) is 6.68. The molecule has 25 heavy (non-hydrogen) atoms. The first-order valence-corrected chi connectivity index (χ1v) is 8.71. The van der Waals surface area contributed by atoms with E-state index in [0.29, 0.717) is 29.9 Å². The summed E-state index contributed by atoms with van der Waals surface area (Å²) in [4.78, 5) is 24.5. The lowest BCUT2D eigenvalue weighted by molar-refractivity contribution is -0.153. The molecule has 0 aliphatic heterocycles. The van der Waals surface area contributed by atoms with Crippen LogP contribution in [0.1, 0.15) is 52.3 Å². The van der Waals surface area contributed by atoms with Gasteiger partial charge in [0.1, 0.15) is 6.10 Å². The van der Waals surface area contributed by atoms with Gasteiger partial charge in [-0.1, -0.05) is 25.9 Å². The number of esters is 1. The van der Waals surface area contributed by atoms with E-state index in [-0.39, 0.29) is 23.9 Å². The normalized spacial score (nSPS) is 22.5. The van der Waals surface area contributed by atoms with Gasteiger partial charge < -0.3 is 9.26 Å². The molecule has 2 atom stereocenters. The molecule has 2 heterocycles. The number of carbonyl (C=O) groups excluding carboxylic acids is 1. The largest absolute Gasteiger partial charge is 0.462 e. The summed E-state index contributed by atoms with van der Waals surface area (Å²) in [5.74, 6) is 1.47. The highest BCUT2D eigenvalue weighted by atomic mass is 16.5. The van der Waals surface area contributed by atoms with Crippen LogP contribution in [0.2, 0.25) is 0 Å². The average Bonchev–Trinajstić information content (AvgIpc) is 3.01. The van der Waals surface area contributed by atoms with Gasteiger partial charge in [-0.2, -0.15) is 4.98 Å². The highest BCUT2D eigenvalue weighted by Gasteiger charge is 2.33. The second kappa shape index (κ2) is 7.29. The minimum atomic E-state index is -0.217.